The van der Waals surface area contributed by atoms with E-state index in [1.54, 1.807) is 0 Å². The molecule has 0 amide bonds. The molecule has 0 bridgehead atoms. The van der Waals surface area contributed by atoms with Crippen molar-refractivity contribution in [2.45, 2.75) is 38.6 Å². The molecule has 0 unspecified atom stereocenters. The summed E-state index contributed by atoms with van der Waals surface area (Å²) in [5.74, 6) is 1.22. The number of aryl methyl sites for hydroxylation is 2. The largest absolute Gasteiger partial charge is 0.494 e. The summed E-state index contributed by atoms with van der Waals surface area (Å²) in [6, 6.07) is 9.87. The maximum atomic E-state index is 12.0. The zero-order chi connectivity index (χ0) is 14.5. The van der Waals surface area contributed by atoms with Crippen LogP contribution in [0.5, 0.6) is 5.75 Å². The zero-order valence-electron chi connectivity index (χ0n) is 12.3. The highest BCUT2D eigenvalue weighted by atomic mass is 16.5. The lowest BCUT2D eigenvalue weighted by molar-refractivity contribution is 0.0982. The second-order valence-corrected chi connectivity index (χ2v) is 5.58. The van der Waals surface area contributed by atoms with Crippen LogP contribution in [0.25, 0.3) is 0 Å². The van der Waals surface area contributed by atoms with E-state index in [9.17, 15) is 4.79 Å². The molecule has 1 aromatic heterocycles. The Balaban J connectivity index is 1.52. The molecule has 110 valence electrons. The number of aromatic nitrogens is 1. The number of para-hydroxylation sites is 1. The summed E-state index contributed by atoms with van der Waals surface area (Å²) in [6.07, 6.45) is 8.99. The van der Waals surface area contributed by atoms with Crippen molar-refractivity contribution in [2.24, 2.45) is 0 Å². The van der Waals surface area contributed by atoms with Crippen LogP contribution in [0.4, 0.5) is 0 Å². The van der Waals surface area contributed by atoms with E-state index < -0.39 is 0 Å². The Labute approximate surface area is 125 Å². The van der Waals surface area contributed by atoms with Gasteiger partial charge in [0.2, 0.25) is 0 Å². The van der Waals surface area contributed by atoms with Crippen molar-refractivity contribution in [1.29, 1.82) is 0 Å². The first-order chi connectivity index (χ1) is 10.3. The first kappa shape index (κ1) is 13.9. The molecule has 3 heteroatoms. The SMILES string of the molecule is O=C1CCCCc2cn(CCCOc3ccccc3)cc21. The van der Waals surface area contributed by atoms with Gasteiger partial charge in [0.05, 0.1) is 6.61 Å². The Hall–Kier alpha value is -2.03. The van der Waals surface area contributed by atoms with Crippen molar-refractivity contribution >= 4 is 5.78 Å². The number of hydrogen-bond donors (Lipinski definition) is 0. The van der Waals surface area contributed by atoms with Gasteiger partial charge in [-0.1, -0.05) is 18.2 Å². The number of benzene rings is 1. The van der Waals surface area contributed by atoms with E-state index in [-0.39, 0.29) is 0 Å². The van der Waals surface area contributed by atoms with Gasteiger partial charge in [-0.3, -0.25) is 4.79 Å². The topological polar surface area (TPSA) is 31.2 Å². The van der Waals surface area contributed by atoms with E-state index in [0.29, 0.717) is 18.8 Å². The molecule has 0 saturated carbocycles. The maximum Gasteiger partial charge on any atom is 0.164 e. The average Bonchev–Trinajstić information content (AvgIpc) is 2.84. The minimum absolute atomic E-state index is 0.307. The van der Waals surface area contributed by atoms with Crippen molar-refractivity contribution in [3.8, 4) is 5.75 Å². The summed E-state index contributed by atoms with van der Waals surface area (Å²) in [6.45, 7) is 1.59. The second kappa shape index (κ2) is 6.61. The van der Waals surface area contributed by atoms with E-state index >= 15 is 0 Å². The van der Waals surface area contributed by atoms with Gasteiger partial charge in [0.1, 0.15) is 5.75 Å². The predicted octanol–water partition coefficient (Wildman–Crippen LogP) is 3.87. The van der Waals surface area contributed by atoms with E-state index in [2.05, 4.69) is 10.8 Å². The van der Waals surface area contributed by atoms with Crippen molar-refractivity contribution in [1.82, 2.24) is 4.57 Å². The lowest BCUT2D eigenvalue weighted by Gasteiger charge is -2.06. The second-order valence-electron chi connectivity index (χ2n) is 5.58. The number of rotatable bonds is 5. The van der Waals surface area contributed by atoms with Gasteiger partial charge in [0.15, 0.2) is 5.78 Å². The number of Topliss-reactive ketones (excluding diaryl/α,β-unsaturated/α-hetero) is 1. The van der Waals surface area contributed by atoms with Gasteiger partial charge in [-0.05, 0) is 43.4 Å². The van der Waals surface area contributed by atoms with Crippen LogP contribution in [0.2, 0.25) is 0 Å². The monoisotopic (exact) mass is 283 g/mol. The lowest BCUT2D eigenvalue weighted by atomic mass is 10.1. The standard InChI is InChI=1S/C18H21NO2/c20-18-10-5-4-7-15-13-19(14-17(15)18)11-6-12-21-16-8-2-1-3-9-16/h1-3,8-9,13-14H,4-7,10-12H2. The smallest absolute Gasteiger partial charge is 0.164 e. The quantitative estimate of drug-likeness (QED) is 0.616. The van der Waals surface area contributed by atoms with E-state index in [1.807, 2.05) is 36.5 Å². The van der Waals surface area contributed by atoms with Crippen molar-refractivity contribution in [3.63, 3.8) is 0 Å². The number of nitrogens with zero attached hydrogens (tertiary/aromatic N) is 1. The molecule has 0 saturated heterocycles. The molecule has 0 spiro atoms. The normalized spacial score (nSPS) is 14.6. The van der Waals surface area contributed by atoms with Crippen LogP contribution in [-0.4, -0.2) is 17.0 Å². The maximum absolute atomic E-state index is 12.0. The third kappa shape index (κ3) is 3.54. The molecule has 0 N–H and O–H groups in total. The van der Waals surface area contributed by atoms with Crippen LogP contribution in [0, 0.1) is 0 Å². The summed E-state index contributed by atoms with van der Waals surface area (Å²) < 4.78 is 7.83. The Bertz CT molecular complexity index is 601. The fourth-order valence-electron chi connectivity index (χ4n) is 2.82. The van der Waals surface area contributed by atoms with E-state index in [0.717, 1.165) is 43.5 Å². The van der Waals surface area contributed by atoms with Crippen LogP contribution >= 0.6 is 0 Å². The van der Waals surface area contributed by atoms with E-state index in [1.165, 1.54) is 5.56 Å². The molecule has 2 aromatic rings. The molecule has 1 aliphatic rings. The Kier molecular flexibility index (Phi) is 4.39. The van der Waals surface area contributed by atoms with Gasteiger partial charge < -0.3 is 9.30 Å². The predicted molar refractivity (Wildman–Crippen MR) is 82.9 cm³/mol. The number of fused-ring (bicyclic) bond motifs is 1. The summed E-state index contributed by atoms with van der Waals surface area (Å²) in [5.41, 5.74) is 2.16. The fraction of sp³-hybridized carbons (Fsp3) is 0.389. The van der Waals surface area contributed by atoms with Gasteiger partial charge in [0, 0.05) is 30.9 Å². The Morgan fingerprint density at radius 1 is 1.05 bits per heavy atom. The minimum atomic E-state index is 0.307. The summed E-state index contributed by atoms with van der Waals surface area (Å²) in [7, 11) is 0. The van der Waals surface area contributed by atoms with Gasteiger partial charge in [-0.25, -0.2) is 0 Å². The summed E-state index contributed by atoms with van der Waals surface area (Å²) >= 11 is 0. The molecule has 0 aliphatic heterocycles. The Morgan fingerprint density at radius 3 is 2.71 bits per heavy atom. The van der Waals surface area contributed by atoms with Crippen LogP contribution < -0.4 is 4.74 Å². The molecular weight excluding hydrogens is 262 g/mol. The number of ether oxygens (including phenoxy) is 1. The fourth-order valence-corrected chi connectivity index (χ4v) is 2.82. The molecule has 1 aliphatic carbocycles. The number of carbonyl (C=O) groups excluding carboxylic acids is 1. The molecular formula is C18H21NO2. The molecule has 3 nitrogen and oxygen atoms in total. The van der Waals surface area contributed by atoms with Crippen molar-refractivity contribution in [2.75, 3.05) is 6.61 Å². The van der Waals surface area contributed by atoms with Gasteiger partial charge in [-0.15, -0.1) is 0 Å². The van der Waals surface area contributed by atoms with Crippen LogP contribution in [0.1, 0.15) is 41.6 Å². The highest BCUT2D eigenvalue weighted by Gasteiger charge is 2.17. The zero-order valence-corrected chi connectivity index (χ0v) is 12.3. The lowest BCUT2D eigenvalue weighted by Crippen LogP contribution is -2.03. The van der Waals surface area contributed by atoms with Gasteiger partial charge >= 0.3 is 0 Å². The number of hydrogen-bond acceptors (Lipinski definition) is 2. The van der Waals surface area contributed by atoms with Crippen LogP contribution in [-0.2, 0) is 13.0 Å². The van der Waals surface area contributed by atoms with Crippen LogP contribution in [0.3, 0.4) is 0 Å². The first-order valence-electron chi connectivity index (χ1n) is 7.72. The summed E-state index contributed by atoms with van der Waals surface area (Å²) in [4.78, 5) is 12.0. The molecule has 1 aromatic carbocycles. The molecule has 0 radical (unpaired) electrons. The summed E-state index contributed by atoms with van der Waals surface area (Å²) in [5, 5.41) is 0. The first-order valence-corrected chi connectivity index (χ1v) is 7.72. The van der Waals surface area contributed by atoms with Crippen molar-refractivity contribution in [3.05, 3.63) is 53.9 Å². The minimum Gasteiger partial charge on any atom is -0.494 e. The van der Waals surface area contributed by atoms with E-state index in [4.69, 9.17) is 4.74 Å². The van der Waals surface area contributed by atoms with Gasteiger partial charge in [0.25, 0.3) is 0 Å². The third-order valence-electron chi connectivity index (χ3n) is 3.94. The molecule has 0 fully saturated rings. The van der Waals surface area contributed by atoms with Crippen molar-refractivity contribution < 1.29 is 9.53 Å². The molecule has 3 rings (SSSR count). The number of ketones is 1. The molecule has 0 atom stereocenters. The molecule has 1 heterocycles. The highest BCUT2D eigenvalue weighted by Crippen LogP contribution is 2.21. The number of carbonyl (C=O) groups is 1. The average molecular weight is 283 g/mol. The molecule has 21 heavy (non-hydrogen) atoms. The highest BCUT2D eigenvalue weighted by molar-refractivity contribution is 5.97. The van der Waals surface area contributed by atoms with Crippen LogP contribution in [0.15, 0.2) is 42.7 Å². The van der Waals surface area contributed by atoms with Gasteiger partial charge in [-0.2, -0.15) is 0 Å². The Morgan fingerprint density at radius 2 is 1.86 bits per heavy atom. The third-order valence-corrected chi connectivity index (χ3v) is 3.94.